The first kappa shape index (κ1) is 12.6. The van der Waals surface area contributed by atoms with Crippen molar-refractivity contribution >= 4 is 11.9 Å². The highest BCUT2D eigenvalue weighted by Crippen LogP contribution is 2.02. The molecule has 0 saturated heterocycles. The fraction of sp³-hybridized carbons (Fsp3) is 0.556. The Balaban J connectivity index is 4.25. The fourth-order valence-corrected chi connectivity index (χ4v) is 0.744. The number of rotatable bonds is 5. The maximum absolute atomic E-state index is 11.2. The number of carbonyl (C=O) groups is 2. The molecule has 0 aliphatic rings. The van der Waals surface area contributed by atoms with Gasteiger partial charge >= 0.3 is 5.97 Å². The summed E-state index contributed by atoms with van der Waals surface area (Å²) in [5.74, 6) is -1.50. The lowest BCUT2D eigenvalue weighted by atomic mass is 10.1. The van der Waals surface area contributed by atoms with E-state index >= 15 is 0 Å². The van der Waals surface area contributed by atoms with Crippen molar-refractivity contribution in [3.8, 4) is 0 Å². The SMILES string of the molecule is CC(C(=O)O)=C(C)C(=O)NCCCO. The molecule has 0 heterocycles. The second-order valence-corrected chi connectivity index (χ2v) is 2.89. The zero-order chi connectivity index (χ0) is 11.1. The molecule has 0 aliphatic heterocycles. The number of hydrogen-bond donors (Lipinski definition) is 3. The third-order valence-corrected chi connectivity index (χ3v) is 1.84. The van der Waals surface area contributed by atoms with Crippen LogP contribution in [0.3, 0.4) is 0 Å². The summed E-state index contributed by atoms with van der Waals surface area (Å²) in [5.41, 5.74) is 0.224. The van der Waals surface area contributed by atoms with Gasteiger partial charge in [-0.05, 0) is 20.3 Å². The highest BCUT2D eigenvalue weighted by atomic mass is 16.4. The molecule has 80 valence electrons. The van der Waals surface area contributed by atoms with Crippen LogP contribution in [0, 0.1) is 0 Å². The van der Waals surface area contributed by atoms with E-state index in [-0.39, 0.29) is 17.8 Å². The largest absolute Gasteiger partial charge is 0.478 e. The van der Waals surface area contributed by atoms with Crippen LogP contribution in [0.5, 0.6) is 0 Å². The first-order valence-corrected chi connectivity index (χ1v) is 4.30. The van der Waals surface area contributed by atoms with E-state index in [1.165, 1.54) is 13.8 Å². The number of hydrogen-bond acceptors (Lipinski definition) is 3. The summed E-state index contributed by atoms with van der Waals surface area (Å²) in [6.45, 7) is 3.18. The van der Waals surface area contributed by atoms with Crippen LogP contribution in [0.1, 0.15) is 20.3 Å². The molecule has 0 bridgehead atoms. The summed E-state index contributed by atoms with van der Waals surface area (Å²) in [7, 11) is 0. The van der Waals surface area contributed by atoms with Crippen molar-refractivity contribution in [2.24, 2.45) is 0 Å². The maximum Gasteiger partial charge on any atom is 0.331 e. The molecule has 3 N–H and O–H groups in total. The number of aliphatic hydroxyl groups excluding tert-OH is 1. The zero-order valence-corrected chi connectivity index (χ0v) is 8.33. The van der Waals surface area contributed by atoms with Crippen molar-refractivity contribution in [3.63, 3.8) is 0 Å². The van der Waals surface area contributed by atoms with Gasteiger partial charge in [-0.3, -0.25) is 4.79 Å². The van der Waals surface area contributed by atoms with Gasteiger partial charge in [-0.2, -0.15) is 0 Å². The lowest BCUT2D eigenvalue weighted by Gasteiger charge is -2.05. The molecule has 0 unspecified atom stereocenters. The van der Waals surface area contributed by atoms with Gasteiger partial charge in [-0.15, -0.1) is 0 Å². The monoisotopic (exact) mass is 201 g/mol. The number of amides is 1. The standard InChI is InChI=1S/C9H15NO4/c1-6(7(2)9(13)14)8(12)10-4-3-5-11/h11H,3-5H2,1-2H3,(H,10,12)(H,13,14). The van der Waals surface area contributed by atoms with Crippen LogP contribution in [-0.4, -0.2) is 35.2 Å². The van der Waals surface area contributed by atoms with E-state index in [9.17, 15) is 9.59 Å². The van der Waals surface area contributed by atoms with E-state index in [2.05, 4.69) is 5.32 Å². The van der Waals surface area contributed by atoms with Gasteiger partial charge in [0, 0.05) is 24.3 Å². The summed E-state index contributed by atoms with van der Waals surface area (Å²) >= 11 is 0. The molecule has 0 rings (SSSR count). The Morgan fingerprint density at radius 2 is 1.79 bits per heavy atom. The van der Waals surface area contributed by atoms with Crippen LogP contribution in [0.2, 0.25) is 0 Å². The molecule has 0 spiro atoms. The van der Waals surface area contributed by atoms with Gasteiger partial charge in [0.2, 0.25) is 5.91 Å². The Kier molecular flexibility index (Phi) is 5.55. The van der Waals surface area contributed by atoms with Crippen molar-refractivity contribution in [2.45, 2.75) is 20.3 Å². The molecule has 1 amide bonds. The van der Waals surface area contributed by atoms with Crippen LogP contribution in [-0.2, 0) is 9.59 Å². The van der Waals surface area contributed by atoms with E-state index in [4.69, 9.17) is 10.2 Å². The highest BCUT2D eigenvalue weighted by Gasteiger charge is 2.11. The molecule has 0 aliphatic carbocycles. The molecule has 5 heteroatoms. The predicted molar refractivity (Wildman–Crippen MR) is 50.7 cm³/mol. The molecule has 14 heavy (non-hydrogen) atoms. The van der Waals surface area contributed by atoms with Gasteiger partial charge in [0.15, 0.2) is 0 Å². The van der Waals surface area contributed by atoms with Crippen LogP contribution < -0.4 is 5.32 Å². The van der Waals surface area contributed by atoms with Crippen LogP contribution in [0.25, 0.3) is 0 Å². The quantitative estimate of drug-likeness (QED) is 0.428. The molecule has 0 saturated carbocycles. The molecular formula is C9H15NO4. The summed E-state index contributed by atoms with van der Waals surface area (Å²) in [4.78, 5) is 21.7. The summed E-state index contributed by atoms with van der Waals surface area (Å²) < 4.78 is 0. The van der Waals surface area contributed by atoms with E-state index in [0.717, 1.165) is 0 Å². The summed E-state index contributed by atoms with van der Waals surface area (Å²) in [5, 5.41) is 19.6. The minimum atomic E-state index is -1.10. The minimum absolute atomic E-state index is 0.000947. The average molecular weight is 201 g/mol. The number of carboxylic acid groups (broad SMARTS) is 1. The first-order chi connectivity index (χ1) is 6.50. The molecule has 0 radical (unpaired) electrons. The van der Waals surface area contributed by atoms with E-state index in [1.807, 2.05) is 0 Å². The molecule has 0 aromatic heterocycles. The average Bonchev–Trinajstić information content (AvgIpc) is 2.15. The molecule has 0 atom stereocenters. The predicted octanol–water partition coefficient (Wildman–Crippen LogP) is -0.0940. The lowest BCUT2D eigenvalue weighted by Crippen LogP contribution is -2.27. The third-order valence-electron chi connectivity index (χ3n) is 1.84. The van der Waals surface area contributed by atoms with Gasteiger partial charge in [0.05, 0.1) is 0 Å². The molecule has 5 nitrogen and oxygen atoms in total. The topological polar surface area (TPSA) is 86.6 Å². The maximum atomic E-state index is 11.2. The van der Waals surface area contributed by atoms with Gasteiger partial charge in [0.25, 0.3) is 0 Å². The van der Waals surface area contributed by atoms with Crippen molar-refractivity contribution in [1.82, 2.24) is 5.32 Å². The second-order valence-electron chi connectivity index (χ2n) is 2.89. The van der Waals surface area contributed by atoms with Crippen molar-refractivity contribution in [1.29, 1.82) is 0 Å². The Labute approximate surface area is 82.4 Å². The van der Waals surface area contributed by atoms with Crippen LogP contribution in [0.4, 0.5) is 0 Å². The van der Waals surface area contributed by atoms with Crippen molar-refractivity contribution < 1.29 is 19.8 Å². The first-order valence-electron chi connectivity index (χ1n) is 4.30. The van der Waals surface area contributed by atoms with E-state index in [1.54, 1.807) is 0 Å². The Bertz CT molecular complexity index is 258. The number of aliphatic hydroxyl groups is 1. The van der Waals surface area contributed by atoms with Gasteiger partial charge < -0.3 is 15.5 Å². The fourth-order valence-electron chi connectivity index (χ4n) is 0.744. The van der Waals surface area contributed by atoms with Crippen LogP contribution >= 0.6 is 0 Å². The minimum Gasteiger partial charge on any atom is -0.478 e. The second kappa shape index (κ2) is 6.15. The summed E-state index contributed by atoms with van der Waals surface area (Å²) in [6.07, 6.45) is 0.463. The number of carboxylic acids is 1. The Hall–Kier alpha value is -1.36. The van der Waals surface area contributed by atoms with Gasteiger partial charge in [-0.1, -0.05) is 0 Å². The lowest BCUT2D eigenvalue weighted by molar-refractivity contribution is -0.133. The van der Waals surface area contributed by atoms with Crippen LogP contribution in [0.15, 0.2) is 11.1 Å². The Morgan fingerprint density at radius 1 is 1.21 bits per heavy atom. The molecule has 0 fully saturated rings. The molecule has 0 aromatic carbocycles. The summed E-state index contributed by atoms with van der Waals surface area (Å²) in [6, 6.07) is 0. The normalized spacial score (nSPS) is 11.9. The van der Waals surface area contributed by atoms with Gasteiger partial charge in [-0.25, -0.2) is 4.79 Å². The zero-order valence-electron chi connectivity index (χ0n) is 8.33. The van der Waals surface area contributed by atoms with Crippen molar-refractivity contribution in [3.05, 3.63) is 11.1 Å². The highest BCUT2D eigenvalue weighted by molar-refractivity contribution is 6.01. The van der Waals surface area contributed by atoms with E-state index in [0.29, 0.717) is 13.0 Å². The third kappa shape index (κ3) is 4.04. The number of carbonyl (C=O) groups excluding carboxylic acids is 1. The number of nitrogens with one attached hydrogen (secondary N) is 1. The Morgan fingerprint density at radius 3 is 2.21 bits per heavy atom. The number of aliphatic carboxylic acids is 1. The van der Waals surface area contributed by atoms with Crippen molar-refractivity contribution in [2.75, 3.05) is 13.2 Å². The van der Waals surface area contributed by atoms with Gasteiger partial charge in [0.1, 0.15) is 0 Å². The molecule has 0 aromatic rings. The smallest absolute Gasteiger partial charge is 0.331 e. The molecular weight excluding hydrogens is 186 g/mol. The van der Waals surface area contributed by atoms with E-state index < -0.39 is 11.9 Å².